The number of benzene rings is 1. The molecule has 4 nitrogen and oxygen atoms in total. The molecule has 1 aromatic heterocycles. The third kappa shape index (κ3) is 2.95. The Kier molecular flexibility index (Phi) is 3.36. The maximum absolute atomic E-state index is 12.5. The molecule has 0 bridgehead atoms. The Bertz CT molecular complexity index is 623. The van der Waals surface area contributed by atoms with Crippen LogP contribution in [0.5, 0.6) is 0 Å². The minimum atomic E-state index is -4.40. The number of anilines is 1. The van der Waals surface area contributed by atoms with Crippen LogP contribution in [0.3, 0.4) is 0 Å². The first-order chi connectivity index (χ1) is 8.77. The number of hydrogen-bond donors (Lipinski definition) is 2. The van der Waals surface area contributed by atoms with Crippen LogP contribution in [-0.4, -0.2) is 16.9 Å². The summed E-state index contributed by atoms with van der Waals surface area (Å²) in [7, 11) is 0. The maximum atomic E-state index is 12.5. The van der Waals surface area contributed by atoms with Crippen molar-refractivity contribution in [1.82, 2.24) is 4.98 Å². The Labute approximate surface area is 110 Å². The molecule has 0 fully saturated rings. The lowest BCUT2D eigenvalue weighted by molar-refractivity contribution is -0.137. The molecule has 1 heterocycles. The van der Waals surface area contributed by atoms with Gasteiger partial charge in [0.25, 0.3) is 0 Å². The van der Waals surface area contributed by atoms with Gasteiger partial charge in [-0.2, -0.15) is 13.2 Å². The van der Waals surface area contributed by atoms with Gasteiger partial charge in [-0.1, -0.05) is 11.3 Å². The van der Waals surface area contributed by atoms with Crippen LogP contribution in [0.2, 0.25) is 0 Å². The predicted molar refractivity (Wildman–Crippen MR) is 66.9 cm³/mol. The smallest absolute Gasteiger partial charge is 0.368 e. The van der Waals surface area contributed by atoms with Gasteiger partial charge in [0.15, 0.2) is 5.13 Å². The Morgan fingerprint density at radius 1 is 1.47 bits per heavy atom. The summed E-state index contributed by atoms with van der Waals surface area (Å²) >= 11 is 1.16. The number of nitrogens with one attached hydrogen (secondary N) is 1. The molecule has 8 heteroatoms. The fraction of sp³-hybridized carbons (Fsp3) is 0.273. The molecule has 1 amide bonds. The van der Waals surface area contributed by atoms with Gasteiger partial charge in [-0.05, 0) is 25.1 Å². The molecule has 2 rings (SSSR count). The molecule has 102 valence electrons. The zero-order valence-electron chi connectivity index (χ0n) is 9.78. The Hall–Kier alpha value is -1.83. The molecule has 3 N–H and O–H groups in total. The van der Waals surface area contributed by atoms with Gasteiger partial charge in [0.2, 0.25) is 5.91 Å². The van der Waals surface area contributed by atoms with Gasteiger partial charge in [-0.15, -0.1) is 0 Å². The zero-order chi connectivity index (χ0) is 14.2. The molecule has 0 spiro atoms. The number of primary amides is 1. The van der Waals surface area contributed by atoms with Crippen molar-refractivity contribution in [3.63, 3.8) is 0 Å². The number of aromatic nitrogens is 1. The summed E-state index contributed by atoms with van der Waals surface area (Å²) in [6, 6.07) is 2.70. The van der Waals surface area contributed by atoms with Gasteiger partial charge in [0.1, 0.15) is 6.04 Å². The minimum absolute atomic E-state index is 0.235. The number of carbonyl (C=O) groups excluding carboxylic acids is 1. The number of carbonyl (C=O) groups is 1. The van der Waals surface area contributed by atoms with Crippen molar-refractivity contribution in [2.75, 3.05) is 5.32 Å². The largest absolute Gasteiger partial charge is 0.416 e. The Morgan fingerprint density at radius 3 is 2.74 bits per heavy atom. The van der Waals surface area contributed by atoms with E-state index in [1.165, 1.54) is 6.07 Å². The van der Waals surface area contributed by atoms with E-state index in [0.29, 0.717) is 9.83 Å². The van der Waals surface area contributed by atoms with Crippen LogP contribution in [-0.2, 0) is 11.0 Å². The summed E-state index contributed by atoms with van der Waals surface area (Å²) < 4.78 is 38.2. The van der Waals surface area contributed by atoms with E-state index in [9.17, 15) is 18.0 Å². The molecule has 1 aromatic carbocycles. The van der Waals surface area contributed by atoms with Crippen molar-refractivity contribution in [2.24, 2.45) is 5.73 Å². The first kappa shape index (κ1) is 13.6. The topological polar surface area (TPSA) is 68.0 Å². The Morgan fingerprint density at radius 2 is 2.16 bits per heavy atom. The summed E-state index contributed by atoms with van der Waals surface area (Å²) in [5, 5.41) is 3.10. The van der Waals surface area contributed by atoms with E-state index in [4.69, 9.17) is 5.73 Å². The van der Waals surface area contributed by atoms with Crippen LogP contribution < -0.4 is 11.1 Å². The van der Waals surface area contributed by atoms with Crippen LogP contribution in [0.25, 0.3) is 10.2 Å². The van der Waals surface area contributed by atoms with E-state index in [1.54, 1.807) is 6.92 Å². The molecule has 0 radical (unpaired) electrons. The number of fused-ring (bicyclic) bond motifs is 1. The van der Waals surface area contributed by atoms with Crippen molar-refractivity contribution in [1.29, 1.82) is 0 Å². The van der Waals surface area contributed by atoms with Gasteiger partial charge in [0.05, 0.1) is 15.8 Å². The van der Waals surface area contributed by atoms with Gasteiger partial charge in [0, 0.05) is 0 Å². The van der Waals surface area contributed by atoms with Gasteiger partial charge < -0.3 is 11.1 Å². The lowest BCUT2D eigenvalue weighted by Gasteiger charge is -2.07. The standard InChI is InChI=1S/C11H10F3N3OS/c1-5(9(15)18)16-10-17-7-4-6(11(12,13)14)2-3-8(7)19-10/h2-5H,1H3,(H2,15,18)(H,16,17). The van der Waals surface area contributed by atoms with Gasteiger partial charge in [-0.3, -0.25) is 4.79 Å². The first-order valence-corrected chi connectivity index (χ1v) is 6.12. The number of amides is 1. The third-order valence-electron chi connectivity index (χ3n) is 2.48. The Balaban J connectivity index is 2.33. The number of rotatable bonds is 3. The number of halogens is 3. The summed E-state index contributed by atoms with van der Waals surface area (Å²) in [4.78, 5) is 14.9. The van der Waals surface area contributed by atoms with Crippen LogP contribution in [0.1, 0.15) is 12.5 Å². The van der Waals surface area contributed by atoms with Crippen molar-refractivity contribution in [3.8, 4) is 0 Å². The monoisotopic (exact) mass is 289 g/mol. The molecule has 0 aliphatic carbocycles. The van der Waals surface area contributed by atoms with Gasteiger partial charge >= 0.3 is 6.18 Å². The molecule has 0 saturated carbocycles. The number of alkyl halides is 3. The summed E-state index contributed by atoms with van der Waals surface area (Å²) in [5.74, 6) is -0.560. The highest BCUT2D eigenvalue weighted by Crippen LogP contribution is 2.34. The SMILES string of the molecule is CC(Nc1nc2cc(C(F)(F)F)ccc2s1)C(N)=O. The van der Waals surface area contributed by atoms with E-state index in [2.05, 4.69) is 10.3 Å². The van der Waals surface area contributed by atoms with Crippen LogP contribution >= 0.6 is 11.3 Å². The zero-order valence-corrected chi connectivity index (χ0v) is 10.6. The highest BCUT2D eigenvalue weighted by Gasteiger charge is 2.30. The van der Waals surface area contributed by atoms with Crippen molar-refractivity contribution in [3.05, 3.63) is 23.8 Å². The highest BCUT2D eigenvalue weighted by molar-refractivity contribution is 7.22. The average Bonchev–Trinajstić information content (AvgIpc) is 2.68. The fourth-order valence-corrected chi connectivity index (χ4v) is 2.36. The van der Waals surface area contributed by atoms with Crippen molar-refractivity contribution >= 4 is 32.6 Å². The maximum Gasteiger partial charge on any atom is 0.416 e. The van der Waals surface area contributed by atoms with E-state index in [1.807, 2.05) is 0 Å². The summed E-state index contributed by atoms with van der Waals surface area (Å²) in [5.41, 5.74) is 4.57. The molecule has 1 atom stereocenters. The molecule has 0 aliphatic heterocycles. The average molecular weight is 289 g/mol. The van der Waals surface area contributed by atoms with Crippen molar-refractivity contribution in [2.45, 2.75) is 19.1 Å². The quantitative estimate of drug-likeness (QED) is 0.912. The van der Waals surface area contributed by atoms with Crippen LogP contribution in [0, 0.1) is 0 Å². The van der Waals surface area contributed by atoms with E-state index in [-0.39, 0.29) is 5.52 Å². The predicted octanol–water partition coefficient (Wildman–Crippen LogP) is 2.60. The summed E-state index contributed by atoms with van der Waals surface area (Å²) in [6.45, 7) is 1.55. The lowest BCUT2D eigenvalue weighted by Crippen LogP contribution is -2.32. The van der Waals surface area contributed by atoms with Crippen LogP contribution in [0.4, 0.5) is 18.3 Å². The molecular formula is C11H10F3N3OS. The molecule has 1 unspecified atom stereocenters. The van der Waals surface area contributed by atoms with E-state index in [0.717, 1.165) is 23.5 Å². The highest BCUT2D eigenvalue weighted by atomic mass is 32.1. The second kappa shape index (κ2) is 4.69. The van der Waals surface area contributed by atoms with Crippen molar-refractivity contribution < 1.29 is 18.0 Å². The molecule has 2 aromatic rings. The number of hydrogen-bond acceptors (Lipinski definition) is 4. The number of thiazole rings is 1. The third-order valence-corrected chi connectivity index (χ3v) is 3.45. The van der Waals surface area contributed by atoms with Crippen LogP contribution in [0.15, 0.2) is 18.2 Å². The lowest BCUT2D eigenvalue weighted by atomic mass is 10.2. The van der Waals surface area contributed by atoms with Gasteiger partial charge in [-0.25, -0.2) is 4.98 Å². The van der Waals surface area contributed by atoms with E-state index >= 15 is 0 Å². The van der Waals surface area contributed by atoms with E-state index < -0.39 is 23.7 Å². The fourth-order valence-electron chi connectivity index (χ4n) is 1.42. The summed E-state index contributed by atoms with van der Waals surface area (Å²) in [6.07, 6.45) is -4.40. The number of nitrogens with two attached hydrogens (primary N) is 1. The molecular weight excluding hydrogens is 279 g/mol. The minimum Gasteiger partial charge on any atom is -0.368 e. The molecule has 0 aliphatic rings. The normalized spacial score (nSPS) is 13.5. The second-order valence-electron chi connectivity index (χ2n) is 3.97. The molecule has 19 heavy (non-hydrogen) atoms. The first-order valence-electron chi connectivity index (χ1n) is 5.31. The number of nitrogens with zero attached hydrogens (tertiary/aromatic N) is 1. The second-order valence-corrected chi connectivity index (χ2v) is 5.00. The molecule has 0 saturated heterocycles.